The number of hydrogen-bond donors (Lipinski definition) is 0. The number of hydrogen-bond acceptors (Lipinski definition) is 0. The Labute approximate surface area is 361 Å². The van der Waals surface area contributed by atoms with Gasteiger partial charge in [-0.3, -0.25) is 0 Å². The van der Waals surface area contributed by atoms with Crippen molar-refractivity contribution in [2.24, 2.45) is 0 Å². The van der Waals surface area contributed by atoms with E-state index in [0.29, 0.717) is 0 Å². The molecule has 0 spiro atoms. The van der Waals surface area contributed by atoms with Gasteiger partial charge in [-0.1, -0.05) is 77.6 Å². The Morgan fingerprint density at radius 3 is 1.11 bits per heavy atom. The van der Waals surface area contributed by atoms with E-state index in [-0.39, 0.29) is 0 Å². The number of aryl methyl sites for hydroxylation is 2. The zero-order valence-corrected chi connectivity index (χ0v) is 39.4. The summed E-state index contributed by atoms with van der Waals surface area (Å²) in [5, 5.41) is 2.86. The first-order valence-corrected chi connectivity index (χ1v) is 26.0. The zero-order valence-electron chi connectivity index (χ0n) is 38.5. The Kier molecular flexibility index (Phi) is 31.3. The van der Waals surface area contributed by atoms with Gasteiger partial charge in [0.25, 0.3) is 0 Å². The van der Waals surface area contributed by atoms with E-state index in [9.17, 15) is 5.53 Å². The maximum absolute atomic E-state index is 11.6. The summed E-state index contributed by atoms with van der Waals surface area (Å²) in [4.78, 5) is 0. The Morgan fingerprint density at radius 1 is 0.404 bits per heavy atom. The first-order valence-electron chi connectivity index (χ1n) is 24.6. The summed E-state index contributed by atoms with van der Waals surface area (Å²) in [6.07, 6.45) is 40.5. The molecule has 0 bridgehead atoms. The van der Waals surface area contributed by atoms with E-state index in [2.05, 4.69) is 90.1 Å². The average molecular weight is 826 g/mol. The summed E-state index contributed by atoms with van der Waals surface area (Å²) < 4.78 is 1.52. The van der Waals surface area contributed by atoms with Gasteiger partial charge >= 0.3 is 167 Å². The summed E-state index contributed by atoms with van der Waals surface area (Å²) in [5.41, 5.74) is 21.2. The normalized spacial score (nSPS) is 12.9. The van der Waals surface area contributed by atoms with Crippen LogP contribution in [0.5, 0.6) is 0 Å². The summed E-state index contributed by atoms with van der Waals surface area (Å²) in [5.74, 6) is 0. The molecule has 3 heteroatoms. The van der Waals surface area contributed by atoms with E-state index in [1.807, 2.05) is 14.4 Å². The van der Waals surface area contributed by atoms with Crippen molar-refractivity contribution in [1.82, 2.24) is 0 Å². The van der Waals surface area contributed by atoms with E-state index in [4.69, 9.17) is 0 Å². The predicted octanol–water partition coefficient (Wildman–Crippen LogP) is 18.9. The van der Waals surface area contributed by atoms with Crippen LogP contribution in [0.3, 0.4) is 0 Å². The Morgan fingerprint density at radius 2 is 0.737 bits per heavy atom. The second-order valence-electron chi connectivity index (χ2n) is 16.8. The summed E-state index contributed by atoms with van der Waals surface area (Å²) >= 11 is 2.03. The van der Waals surface area contributed by atoms with Gasteiger partial charge in [0.05, 0.1) is 0 Å². The molecule has 0 unspecified atom stereocenters. The number of allylic oxidation sites excluding steroid dienone is 2. The van der Waals surface area contributed by atoms with Crippen LogP contribution in [0, 0.1) is 0 Å². The fourth-order valence-corrected chi connectivity index (χ4v) is 9.35. The fourth-order valence-electron chi connectivity index (χ4n) is 8.11. The first-order chi connectivity index (χ1) is 28.1. The number of rotatable bonds is 34. The summed E-state index contributed by atoms with van der Waals surface area (Å²) in [6.45, 7) is 13.5. The van der Waals surface area contributed by atoms with Crippen molar-refractivity contribution >= 4 is 11.4 Å². The molecule has 2 nitrogen and oxygen atoms in total. The van der Waals surface area contributed by atoms with Crippen LogP contribution in [-0.2, 0) is 27.3 Å². The Balaban J connectivity index is 0.000000408. The van der Waals surface area contributed by atoms with Gasteiger partial charge in [-0.05, 0) is 73.9 Å². The van der Waals surface area contributed by atoms with Gasteiger partial charge in [-0.25, -0.2) is 4.70 Å². The van der Waals surface area contributed by atoms with Crippen molar-refractivity contribution in [2.45, 2.75) is 245 Å². The zero-order chi connectivity index (χ0) is 41.2. The third-order valence-electron chi connectivity index (χ3n) is 11.8. The predicted molar refractivity (Wildman–Crippen MR) is 251 cm³/mol. The molecule has 57 heavy (non-hydrogen) atoms. The molecule has 2 aromatic carbocycles. The van der Waals surface area contributed by atoms with Crippen LogP contribution in [0.15, 0.2) is 59.7 Å². The molecule has 0 aliphatic carbocycles. The molecule has 326 valence electrons. The Bertz CT molecular complexity index is 1350. The van der Waals surface area contributed by atoms with E-state index in [1.165, 1.54) is 192 Å². The number of benzene rings is 2. The molecule has 0 fully saturated rings. The third-order valence-corrected chi connectivity index (χ3v) is 13.2. The van der Waals surface area contributed by atoms with Crippen LogP contribution < -0.4 is 0 Å². The van der Waals surface area contributed by atoms with Crippen LogP contribution in [0.25, 0.3) is 16.9 Å². The molecule has 2 aromatic rings. The van der Waals surface area contributed by atoms with Crippen LogP contribution in [0.1, 0.15) is 244 Å². The molecule has 1 aliphatic heterocycles. The van der Waals surface area contributed by atoms with Gasteiger partial charge in [0, 0.05) is 22.3 Å². The van der Waals surface area contributed by atoms with E-state index < -0.39 is 0 Å². The minimum atomic E-state index is 0.996. The minimum absolute atomic E-state index is 0.996. The SMILES string of the molecule is CCCCCCC1=C(c2cccc(CC)c2)[N+](=[N-])C(c2cccc(CC)c2)=C1CCCC.CCCCCCCCCCC[CH2][Ni][CH2]CCCCCCCCCCC. The molecular weight excluding hydrogens is 735 g/mol. The van der Waals surface area contributed by atoms with Crippen LogP contribution in [0.2, 0.25) is 10.8 Å². The van der Waals surface area contributed by atoms with Crippen molar-refractivity contribution in [3.8, 4) is 0 Å². The Hall–Kier alpha value is -1.99. The van der Waals surface area contributed by atoms with Crippen LogP contribution >= 0.6 is 0 Å². The van der Waals surface area contributed by atoms with Crippen molar-refractivity contribution < 1.29 is 19.1 Å². The summed E-state index contributed by atoms with van der Waals surface area (Å²) in [7, 11) is 0. The molecular formula is C54H90N2Ni. The van der Waals surface area contributed by atoms with Crippen molar-refractivity contribution in [3.05, 3.63) is 87.5 Å². The van der Waals surface area contributed by atoms with Crippen LogP contribution in [-0.4, -0.2) is 4.70 Å². The molecule has 0 saturated carbocycles. The fraction of sp³-hybridized carbons (Fsp3) is 0.704. The quantitative estimate of drug-likeness (QED) is 0.0382. The van der Waals surface area contributed by atoms with Gasteiger partial charge in [0.15, 0.2) is 0 Å². The maximum atomic E-state index is 11.6. The molecule has 1 heterocycles. The molecule has 3 rings (SSSR count). The second-order valence-corrected chi connectivity index (χ2v) is 18.3. The summed E-state index contributed by atoms with van der Waals surface area (Å²) in [6, 6.07) is 17.4. The standard InChI is InChI=1S/C30H40N2.2C12H25.Ni/c1-5-9-11-12-20-28-27(19-10-6-2)29(25-17-13-15-23(7-3)21-25)32(31)30(28)26-18-14-16-24(8-4)22-26;2*1-3-5-7-9-11-12-10-8-6-4-2;/h13-18,21-22H,5-12,19-20H2,1-4H3;2*1,3-12H2,2H3;. The molecule has 0 aromatic heterocycles. The molecule has 1 aliphatic rings. The first kappa shape index (κ1) is 51.2. The van der Waals surface area contributed by atoms with Crippen molar-refractivity contribution in [3.63, 3.8) is 0 Å². The molecule has 0 radical (unpaired) electrons. The van der Waals surface area contributed by atoms with E-state index in [1.54, 1.807) is 0 Å². The topological polar surface area (TPSA) is 25.3 Å². The molecule has 0 amide bonds. The van der Waals surface area contributed by atoms with Gasteiger partial charge in [-0.2, -0.15) is 0 Å². The van der Waals surface area contributed by atoms with Crippen molar-refractivity contribution in [1.29, 1.82) is 0 Å². The van der Waals surface area contributed by atoms with Gasteiger partial charge in [0.2, 0.25) is 11.4 Å². The number of nitrogens with zero attached hydrogens (tertiary/aromatic N) is 2. The van der Waals surface area contributed by atoms with Crippen molar-refractivity contribution in [2.75, 3.05) is 0 Å². The van der Waals surface area contributed by atoms with Gasteiger partial charge in [0.1, 0.15) is 0 Å². The second kappa shape index (κ2) is 34.8. The van der Waals surface area contributed by atoms with Gasteiger partial charge in [-0.15, -0.1) is 0 Å². The van der Waals surface area contributed by atoms with Gasteiger partial charge < -0.3 is 5.53 Å². The van der Waals surface area contributed by atoms with E-state index >= 15 is 0 Å². The monoisotopic (exact) mass is 825 g/mol. The van der Waals surface area contributed by atoms with Crippen LogP contribution in [0.4, 0.5) is 0 Å². The van der Waals surface area contributed by atoms with E-state index in [0.717, 1.165) is 61.0 Å². The average Bonchev–Trinajstić information content (AvgIpc) is 3.52. The third kappa shape index (κ3) is 21.7. The molecule has 0 saturated heterocycles. The molecule has 0 N–H and O–H groups in total. The molecule has 0 atom stereocenters. The number of unbranched alkanes of at least 4 members (excludes halogenated alkanes) is 22.